The zero-order valence-electron chi connectivity index (χ0n) is 13.8. The van der Waals surface area contributed by atoms with E-state index in [0.717, 1.165) is 43.5 Å². The van der Waals surface area contributed by atoms with E-state index < -0.39 is 0 Å². The maximum absolute atomic E-state index is 12.5. The summed E-state index contributed by atoms with van der Waals surface area (Å²) >= 11 is 1.42. The van der Waals surface area contributed by atoms with E-state index >= 15 is 0 Å². The van der Waals surface area contributed by atoms with E-state index in [1.165, 1.54) is 11.3 Å². The molecule has 0 atom stereocenters. The van der Waals surface area contributed by atoms with Gasteiger partial charge in [0.2, 0.25) is 5.91 Å². The number of carbonyl (C=O) groups is 2. The number of rotatable bonds is 6. The van der Waals surface area contributed by atoms with Crippen LogP contribution in [0.2, 0.25) is 0 Å². The molecule has 0 spiro atoms. The summed E-state index contributed by atoms with van der Waals surface area (Å²) in [6, 6.07) is 11.4. The summed E-state index contributed by atoms with van der Waals surface area (Å²) < 4.78 is 0. The van der Waals surface area contributed by atoms with Crippen molar-refractivity contribution in [3.63, 3.8) is 0 Å². The van der Waals surface area contributed by atoms with Crippen LogP contribution in [0.5, 0.6) is 0 Å². The summed E-state index contributed by atoms with van der Waals surface area (Å²) in [5, 5.41) is 7.81. The third-order valence-electron chi connectivity index (χ3n) is 4.62. The van der Waals surface area contributed by atoms with Crippen molar-refractivity contribution in [1.29, 1.82) is 0 Å². The van der Waals surface area contributed by atoms with E-state index in [-0.39, 0.29) is 17.2 Å². The molecule has 1 aromatic heterocycles. The van der Waals surface area contributed by atoms with Crippen molar-refractivity contribution < 1.29 is 9.59 Å². The molecule has 0 unspecified atom stereocenters. The van der Waals surface area contributed by atoms with Gasteiger partial charge in [-0.2, -0.15) is 0 Å². The molecule has 4 nitrogen and oxygen atoms in total. The minimum absolute atomic E-state index is 0.100. The van der Waals surface area contributed by atoms with Gasteiger partial charge in [-0.1, -0.05) is 31.5 Å². The lowest BCUT2D eigenvalue weighted by Crippen LogP contribution is -2.49. The number of thiophene rings is 1. The first-order chi connectivity index (χ1) is 11.7. The van der Waals surface area contributed by atoms with Gasteiger partial charge in [0, 0.05) is 12.2 Å². The molecule has 24 heavy (non-hydrogen) atoms. The van der Waals surface area contributed by atoms with Gasteiger partial charge < -0.3 is 10.6 Å². The molecule has 2 N–H and O–H groups in total. The van der Waals surface area contributed by atoms with Crippen LogP contribution in [0.4, 0.5) is 5.69 Å². The summed E-state index contributed by atoms with van der Waals surface area (Å²) in [5.41, 5.74) is 1.41. The van der Waals surface area contributed by atoms with Crippen LogP contribution in [0.3, 0.4) is 0 Å². The van der Waals surface area contributed by atoms with Gasteiger partial charge in [0.05, 0.1) is 10.3 Å². The van der Waals surface area contributed by atoms with Crippen molar-refractivity contribution in [2.24, 2.45) is 0 Å². The van der Waals surface area contributed by atoms with E-state index in [1.54, 1.807) is 6.07 Å². The van der Waals surface area contributed by atoms with E-state index in [1.807, 2.05) is 35.7 Å². The first-order valence-corrected chi connectivity index (χ1v) is 9.27. The quantitative estimate of drug-likeness (QED) is 0.835. The predicted octanol–water partition coefficient (Wildman–Crippen LogP) is 3.95. The van der Waals surface area contributed by atoms with Gasteiger partial charge >= 0.3 is 0 Å². The molecule has 0 saturated heterocycles. The lowest BCUT2D eigenvalue weighted by molar-refractivity contribution is -0.129. The molecule has 0 aliphatic heterocycles. The van der Waals surface area contributed by atoms with Crippen LogP contribution < -0.4 is 10.6 Å². The molecular weight excluding hydrogens is 320 g/mol. The highest BCUT2D eigenvalue weighted by atomic mass is 32.1. The number of benzene rings is 1. The molecule has 1 aliphatic carbocycles. The molecule has 1 heterocycles. The van der Waals surface area contributed by atoms with Gasteiger partial charge in [-0.15, -0.1) is 11.3 Å². The molecule has 1 fully saturated rings. The number of hydrogen-bond donors (Lipinski definition) is 2. The van der Waals surface area contributed by atoms with E-state index in [4.69, 9.17) is 0 Å². The summed E-state index contributed by atoms with van der Waals surface area (Å²) in [4.78, 5) is 25.3. The molecule has 126 valence electrons. The standard InChI is InChI=1S/C19H22N2O2S/c1-2-12-20-18(23)19(10-4-11-19)14-6-8-15(9-7-14)21-17(22)16-5-3-13-24-16/h3,5-9,13H,2,4,10-12H2,1H3,(H,20,23)(H,21,22). The molecule has 1 aromatic carbocycles. The molecular formula is C19H22N2O2S. The Bertz CT molecular complexity index is 703. The van der Waals surface area contributed by atoms with Gasteiger partial charge in [0.1, 0.15) is 0 Å². The Morgan fingerprint density at radius 2 is 1.92 bits per heavy atom. The second-order valence-electron chi connectivity index (χ2n) is 6.20. The molecule has 3 rings (SSSR count). The highest BCUT2D eigenvalue weighted by Crippen LogP contribution is 2.44. The number of anilines is 1. The number of hydrogen-bond acceptors (Lipinski definition) is 3. The largest absolute Gasteiger partial charge is 0.355 e. The molecule has 1 saturated carbocycles. The van der Waals surface area contributed by atoms with Crippen molar-refractivity contribution in [2.45, 2.75) is 38.0 Å². The van der Waals surface area contributed by atoms with E-state index in [2.05, 4.69) is 17.6 Å². The Morgan fingerprint density at radius 1 is 1.17 bits per heavy atom. The summed E-state index contributed by atoms with van der Waals surface area (Å²) in [7, 11) is 0. The van der Waals surface area contributed by atoms with Crippen molar-refractivity contribution in [2.75, 3.05) is 11.9 Å². The average Bonchev–Trinajstić information content (AvgIpc) is 3.08. The second kappa shape index (κ2) is 7.18. The zero-order valence-corrected chi connectivity index (χ0v) is 14.6. The van der Waals surface area contributed by atoms with E-state index in [0.29, 0.717) is 4.88 Å². The van der Waals surface area contributed by atoms with Crippen molar-refractivity contribution in [3.8, 4) is 0 Å². The Balaban J connectivity index is 1.71. The third-order valence-corrected chi connectivity index (χ3v) is 5.49. The normalized spacial score (nSPS) is 15.4. The Hall–Kier alpha value is -2.14. The number of amides is 2. The topological polar surface area (TPSA) is 58.2 Å². The van der Waals surface area contributed by atoms with Crippen molar-refractivity contribution in [1.82, 2.24) is 5.32 Å². The monoisotopic (exact) mass is 342 g/mol. The lowest BCUT2D eigenvalue weighted by atomic mass is 9.64. The van der Waals surface area contributed by atoms with E-state index in [9.17, 15) is 9.59 Å². The maximum Gasteiger partial charge on any atom is 0.265 e. The van der Waals surface area contributed by atoms with Gasteiger partial charge in [-0.05, 0) is 48.4 Å². The first-order valence-electron chi connectivity index (χ1n) is 8.39. The zero-order chi connectivity index (χ0) is 17.0. The SMILES string of the molecule is CCCNC(=O)C1(c2ccc(NC(=O)c3cccs3)cc2)CCC1. The van der Waals surface area contributed by atoms with Crippen LogP contribution in [0.15, 0.2) is 41.8 Å². The van der Waals surface area contributed by atoms with Crippen LogP contribution >= 0.6 is 11.3 Å². The fourth-order valence-corrected chi connectivity index (χ4v) is 3.68. The van der Waals surface area contributed by atoms with Gasteiger partial charge in [-0.25, -0.2) is 0 Å². The van der Waals surface area contributed by atoms with Crippen molar-refractivity contribution in [3.05, 3.63) is 52.2 Å². The lowest BCUT2D eigenvalue weighted by Gasteiger charge is -2.40. The Labute approximate surface area is 146 Å². The molecule has 0 radical (unpaired) electrons. The molecule has 1 aliphatic rings. The van der Waals surface area contributed by atoms with Crippen molar-refractivity contribution >= 4 is 28.8 Å². The summed E-state index contributed by atoms with van der Waals surface area (Å²) in [6.07, 6.45) is 3.80. The fourth-order valence-electron chi connectivity index (χ4n) is 3.06. The summed E-state index contributed by atoms with van der Waals surface area (Å²) in [5.74, 6) is 0.0303. The fraction of sp³-hybridized carbons (Fsp3) is 0.368. The highest BCUT2D eigenvalue weighted by Gasteiger charge is 2.45. The van der Waals surface area contributed by atoms with Crippen LogP contribution in [0, 0.1) is 0 Å². The summed E-state index contributed by atoms with van der Waals surface area (Å²) in [6.45, 7) is 2.77. The first kappa shape index (κ1) is 16.7. The van der Waals surface area contributed by atoms with Crippen LogP contribution in [0.1, 0.15) is 47.8 Å². The molecule has 2 aromatic rings. The highest BCUT2D eigenvalue weighted by molar-refractivity contribution is 7.12. The molecule has 5 heteroatoms. The Morgan fingerprint density at radius 3 is 2.46 bits per heavy atom. The third kappa shape index (κ3) is 3.22. The van der Waals surface area contributed by atoms with Gasteiger partial charge in [-0.3, -0.25) is 9.59 Å². The van der Waals surface area contributed by atoms with Crippen LogP contribution in [-0.4, -0.2) is 18.4 Å². The van der Waals surface area contributed by atoms with Gasteiger partial charge in [0.25, 0.3) is 5.91 Å². The number of nitrogens with one attached hydrogen (secondary N) is 2. The smallest absolute Gasteiger partial charge is 0.265 e. The predicted molar refractivity (Wildman–Crippen MR) is 97.5 cm³/mol. The van der Waals surface area contributed by atoms with Gasteiger partial charge in [0.15, 0.2) is 0 Å². The molecule has 0 bridgehead atoms. The second-order valence-corrected chi connectivity index (χ2v) is 7.15. The molecule has 2 amide bonds. The minimum atomic E-state index is -0.383. The maximum atomic E-state index is 12.5. The number of carbonyl (C=O) groups excluding carboxylic acids is 2. The Kier molecular flexibility index (Phi) is 5.00. The average molecular weight is 342 g/mol. The van der Waals surface area contributed by atoms with Crippen LogP contribution in [-0.2, 0) is 10.2 Å². The minimum Gasteiger partial charge on any atom is -0.355 e. The van der Waals surface area contributed by atoms with Crippen LogP contribution in [0.25, 0.3) is 0 Å².